The minimum Gasteiger partial charge on any atom is -0.351 e. The molecule has 32 heavy (non-hydrogen) atoms. The molecule has 2 aromatic heterocycles. The minimum absolute atomic E-state index is 0.142. The second kappa shape index (κ2) is 8.49. The summed E-state index contributed by atoms with van der Waals surface area (Å²) in [4.78, 5) is 42.1. The fraction of sp³-hybridized carbons (Fsp3) is 0.391. The Morgan fingerprint density at radius 3 is 2.69 bits per heavy atom. The van der Waals surface area contributed by atoms with Gasteiger partial charge < -0.3 is 14.7 Å². The number of benzene rings is 1. The summed E-state index contributed by atoms with van der Waals surface area (Å²) in [6, 6.07) is 9.13. The zero-order valence-electron chi connectivity index (χ0n) is 17.7. The van der Waals surface area contributed by atoms with Crippen molar-refractivity contribution >= 4 is 17.4 Å². The Morgan fingerprint density at radius 1 is 1.12 bits per heavy atom. The number of anilines is 2. The maximum atomic E-state index is 12.7. The summed E-state index contributed by atoms with van der Waals surface area (Å²) in [5, 5.41) is 6.72. The number of rotatable bonds is 5. The molecule has 1 fully saturated rings. The normalized spacial score (nSPS) is 16.2. The molecule has 0 atom stereocenters. The summed E-state index contributed by atoms with van der Waals surface area (Å²) in [5.41, 5.74) is 2.79. The molecule has 1 aliphatic carbocycles. The first kappa shape index (κ1) is 20.3. The van der Waals surface area contributed by atoms with Gasteiger partial charge in [0.2, 0.25) is 5.76 Å². The topological polar surface area (TPSA) is 113 Å². The minimum atomic E-state index is -0.429. The standard InChI is InChI=1S/C23H25N5O4/c29-21-13-20(25-18-5-4-16-2-1-3-17(16)12-18)26-23(31)28(21)14-15-7-10-27(11-8-15)22(30)19-6-9-24-32-19/h4-6,9,12-13,15,25H,1-3,7-8,10-11,14H2,(H,26,31). The van der Waals surface area contributed by atoms with Gasteiger partial charge in [0.1, 0.15) is 5.82 Å². The lowest BCUT2D eigenvalue weighted by Gasteiger charge is -2.31. The van der Waals surface area contributed by atoms with Gasteiger partial charge in [0.05, 0.1) is 6.20 Å². The SMILES string of the molecule is O=C(c1ccno1)N1CCC(Cn2c(=O)cc(Nc3ccc4c(c3)CCC4)[nH]c2=O)CC1. The van der Waals surface area contributed by atoms with Crippen molar-refractivity contribution in [3.63, 3.8) is 0 Å². The molecule has 166 valence electrons. The van der Waals surface area contributed by atoms with E-state index in [-0.39, 0.29) is 23.1 Å². The van der Waals surface area contributed by atoms with Gasteiger partial charge in [0.15, 0.2) is 0 Å². The number of carbonyl (C=O) groups excluding carboxylic acids is 1. The Morgan fingerprint density at radius 2 is 1.94 bits per heavy atom. The largest absolute Gasteiger partial charge is 0.351 e. The smallest absolute Gasteiger partial charge is 0.329 e. The molecule has 9 heteroatoms. The fourth-order valence-electron chi connectivity index (χ4n) is 4.62. The van der Waals surface area contributed by atoms with E-state index in [1.54, 1.807) is 11.0 Å². The molecule has 0 unspecified atom stereocenters. The molecule has 2 N–H and O–H groups in total. The molecule has 9 nitrogen and oxygen atoms in total. The number of carbonyl (C=O) groups is 1. The van der Waals surface area contributed by atoms with Gasteiger partial charge in [-0.1, -0.05) is 11.2 Å². The summed E-state index contributed by atoms with van der Waals surface area (Å²) < 4.78 is 6.18. The van der Waals surface area contributed by atoms with Crippen LogP contribution in [0.1, 0.15) is 40.9 Å². The molecule has 1 saturated heterocycles. The lowest BCUT2D eigenvalue weighted by molar-refractivity contribution is 0.0640. The number of nitrogens with zero attached hydrogens (tertiary/aromatic N) is 3. The van der Waals surface area contributed by atoms with Gasteiger partial charge in [0.25, 0.3) is 11.5 Å². The number of aromatic amines is 1. The van der Waals surface area contributed by atoms with Crippen molar-refractivity contribution in [2.45, 2.75) is 38.6 Å². The first-order chi connectivity index (χ1) is 15.6. The number of fused-ring (bicyclic) bond motifs is 1. The zero-order valence-corrected chi connectivity index (χ0v) is 17.7. The first-order valence-electron chi connectivity index (χ1n) is 11.0. The fourth-order valence-corrected chi connectivity index (χ4v) is 4.62. The summed E-state index contributed by atoms with van der Waals surface area (Å²) >= 11 is 0. The number of piperidine rings is 1. The van der Waals surface area contributed by atoms with Crippen LogP contribution in [0.5, 0.6) is 0 Å². The maximum absolute atomic E-state index is 12.7. The molecule has 0 saturated carbocycles. The Labute approximate surface area is 184 Å². The van der Waals surface area contributed by atoms with Crippen molar-refractivity contribution in [1.82, 2.24) is 19.6 Å². The van der Waals surface area contributed by atoms with E-state index < -0.39 is 5.69 Å². The summed E-state index contributed by atoms with van der Waals surface area (Å²) in [5.74, 6) is 0.574. The zero-order chi connectivity index (χ0) is 22.1. The maximum Gasteiger partial charge on any atom is 0.329 e. The van der Waals surface area contributed by atoms with Crippen molar-refractivity contribution in [2.75, 3.05) is 18.4 Å². The highest BCUT2D eigenvalue weighted by Gasteiger charge is 2.26. The van der Waals surface area contributed by atoms with Gasteiger partial charge in [-0.2, -0.15) is 0 Å². The van der Waals surface area contributed by atoms with Crippen molar-refractivity contribution in [1.29, 1.82) is 0 Å². The predicted octanol–water partition coefficient (Wildman–Crippen LogP) is 2.31. The van der Waals surface area contributed by atoms with Crippen LogP contribution in [0.25, 0.3) is 0 Å². The molecule has 3 heterocycles. The Hall–Kier alpha value is -3.62. The molecule has 1 amide bonds. The number of nitrogens with one attached hydrogen (secondary N) is 2. The number of amides is 1. The van der Waals surface area contributed by atoms with Crippen molar-refractivity contribution < 1.29 is 9.32 Å². The molecule has 0 bridgehead atoms. The molecular weight excluding hydrogens is 410 g/mol. The van der Waals surface area contributed by atoms with Crippen LogP contribution < -0.4 is 16.6 Å². The summed E-state index contributed by atoms with van der Waals surface area (Å²) in [6.45, 7) is 1.43. The number of hydrogen-bond donors (Lipinski definition) is 2. The summed E-state index contributed by atoms with van der Waals surface area (Å²) in [7, 11) is 0. The molecular formula is C23H25N5O4. The molecule has 1 aromatic carbocycles. The van der Waals surface area contributed by atoms with Crippen LogP contribution in [0.3, 0.4) is 0 Å². The molecule has 0 spiro atoms. The van der Waals surface area contributed by atoms with Crippen LogP contribution in [-0.4, -0.2) is 38.6 Å². The van der Waals surface area contributed by atoms with Crippen molar-refractivity contribution in [2.24, 2.45) is 5.92 Å². The number of likely N-dealkylation sites (tertiary alicyclic amines) is 1. The highest BCUT2D eigenvalue weighted by Crippen LogP contribution is 2.26. The van der Waals surface area contributed by atoms with E-state index in [1.807, 2.05) is 6.07 Å². The van der Waals surface area contributed by atoms with Crippen molar-refractivity contribution in [3.05, 3.63) is 74.3 Å². The van der Waals surface area contributed by atoms with E-state index in [0.29, 0.717) is 38.3 Å². The molecule has 5 rings (SSSR count). The van der Waals surface area contributed by atoms with Gasteiger partial charge in [0, 0.05) is 37.5 Å². The highest BCUT2D eigenvalue weighted by molar-refractivity contribution is 5.91. The predicted molar refractivity (Wildman–Crippen MR) is 118 cm³/mol. The second-order valence-corrected chi connectivity index (χ2v) is 8.51. The number of H-pyrrole nitrogens is 1. The van der Waals surface area contributed by atoms with E-state index >= 15 is 0 Å². The van der Waals surface area contributed by atoms with Gasteiger partial charge in [-0.05, 0) is 61.3 Å². The van der Waals surface area contributed by atoms with E-state index in [4.69, 9.17) is 4.52 Å². The quantitative estimate of drug-likeness (QED) is 0.636. The van der Waals surface area contributed by atoms with E-state index in [2.05, 4.69) is 27.6 Å². The second-order valence-electron chi connectivity index (χ2n) is 8.51. The highest BCUT2D eigenvalue weighted by atomic mass is 16.5. The lowest BCUT2D eigenvalue weighted by Crippen LogP contribution is -2.42. The lowest BCUT2D eigenvalue weighted by atomic mass is 9.96. The van der Waals surface area contributed by atoms with Crippen LogP contribution in [0, 0.1) is 5.92 Å². The van der Waals surface area contributed by atoms with Crippen LogP contribution in [-0.2, 0) is 19.4 Å². The van der Waals surface area contributed by atoms with Gasteiger partial charge in [-0.3, -0.25) is 19.1 Å². The van der Waals surface area contributed by atoms with Gasteiger partial charge in [-0.15, -0.1) is 0 Å². The number of hydrogen-bond acceptors (Lipinski definition) is 6. The number of aromatic nitrogens is 3. The summed E-state index contributed by atoms with van der Waals surface area (Å²) in [6.07, 6.45) is 6.20. The van der Waals surface area contributed by atoms with Crippen molar-refractivity contribution in [3.8, 4) is 0 Å². The monoisotopic (exact) mass is 435 g/mol. The Bertz CT molecular complexity index is 1200. The number of aryl methyl sites for hydroxylation is 2. The Kier molecular flexibility index (Phi) is 5.38. The van der Waals surface area contributed by atoms with Crippen LogP contribution in [0.4, 0.5) is 11.5 Å². The molecule has 1 aliphatic heterocycles. The first-order valence-corrected chi connectivity index (χ1v) is 11.0. The molecule has 0 radical (unpaired) electrons. The van der Waals surface area contributed by atoms with Gasteiger partial charge >= 0.3 is 5.69 Å². The third-order valence-corrected chi connectivity index (χ3v) is 6.39. The van der Waals surface area contributed by atoms with Crippen LogP contribution in [0.15, 0.2) is 50.6 Å². The third kappa shape index (κ3) is 4.10. The van der Waals surface area contributed by atoms with E-state index in [1.165, 1.54) is 34.4 Å². The molecule has 3 aromatic rings. The average Bonchev–Trinajstić information content (AvgIpc) is 3.48. The van der Waals surface area contributed by atoms with E-state index in [0.717, 1.165) is 18.5 Å². The average molecular weight is 435 g/mol. The van der Waals surface area contributed by atoms with Gasteiger partial charge in [-0.25, -0.2) is 4.79 Å². The van der Waals surface area contributed by atoms with Crippen LogP contribution >= 0.6 is 0 Å². The van der Waals surface area contributed by atoms with Crippen LogP contribution in [0.2, 0.25) is 0 Å². The Balaban J connectivity index is 1.23. The van der Waals surface area contributed by atoms with E-state index in [9.17, 15) is 14.4 Å². The molecule has 2 aliphatic rings. The third-order valence-electron chi connectivity index (χ3n) is 6.39.